The van der Waals surface area contributed by atoms with Crippen LogP contribution in [0.4, 0.5) is 5.82 Å². The monoisotopic (exact) mass is 358 g/mol. The maximum absolute atomic E-state index is 12.0. The van der Waals surface area contributed by atoms with E-state index in [2.05, 4.69) is 10.3 Å². The number of carbonyl (C=O) groups excluding carboxylic acids is 1. The summed E-state index contributed by atoms with van der Waals surface area (Å²) in [6.07, 6.45) is 1.53. The summed E-state index contributed by atoms with van der Waals surface area (Å²) in [4.78, 5) is 16.2. The Morgan fingerprint density at radius 3 is 2.73 bits per heavy atom. The summed E-state index contributed by atoms with van der Waals surface area (Å²) in [6, 6.07) is 8.33. The summed E-state index contributed by atoms with van der Waals surface area (Å²) in [7, 11) is -1.60. The molecule has 0 fully saturated rings. The van der Waals surface area contributed by atoms with Crippen molar-refractivity contribution < 1.29 is 24.3 Å². The minimum atomic E-state index is -1.60. The highest BCUT2D eigenvalue weighted by molar-refractivity contribution is 6.58. The Labute approximate surface area is 153 Å². The first-order valence-electron chi connectivity index (χ1n) is 8.43. The number of pyridine rings is 1. The van der Waals surface area contributed by atoms with Crippen molar-refractivity contribution in [3.8, 4) is 5.75 Å². The van der Waals surface area contributed by atoms with Gasteiger partial charge in [0.2, 0.25) is 0 Å². The molecule has 0 atom stereocenters. The van der Waals surface area contributed by atoms with E-state index in [0.29, 0.717) is 29.1 Å². The molecule has 2 rings (SSSR count). The van der Waals surface area contributed by atoms with E-state index in [1.54, 1.807) is 43.5 Å². The van der Waals surface area contributed by atoms with E-state index >= 15 is 0 Å². The molecule has 138 valence electrons. The van der Waals surface area contributed by atoms with Gasteiger partial charge in [-0.15, -0.1) is 0 Å². The largest absolute Gasteiger partial charge is 0.491 e. The van der Waals surface area contributed by atoms with Gasteiger partial charge in [-0.1, -0.05) is 6.07 Å². The fraction of sp³-hybridized carbons (Fsp3) is 0.333. The number of rotatable bonds is 8. The van der Waals surface area contributed by atoms with Crippen molar-refractivity contribution in [3.05, 3.63) is 47.7 Å². The van der Waals surface area contributed by atoms with Crippen LogP contribution in [0.2, 0.25) is 0 Å². The van der Waals surface area contributed by atoms with Gasteiger partial charge in [0.25, 0.3) is 0 Å². The summed E-state index contributed by atoms with van der Waals surface area (Å²) in [5.74, 6) is 0.479. The maximum atomic E-state index is 12.0. The van der Waals surface area contributed by atoms with E-state index in [9.17, 15) is 14.8 Å². The lowest BCUT2D eigenvalue weighted by molar-refractivity contribution is 0.0527. The summed E-state index contributed by atoms with van der Waals surface area (Å²) < 4.78 is 10.7. The van der Waals surface area contributed by atoms with E-state index in [4.69, 9.17) is 9.47 Å². The van der Waals surface area contributed by atoms with Crippen LogP contribution in [0.3, 0.4) is 0 Å². The van der Waals surface area contributed by atoms with E-state index in [-0.39, 0.29) is 12.7 Å². The Morgan fingerprint density at radius 1 is 1.31 bits per heavy atom. The van der Waals surface area contributed by atoms with Crippen LogP contribution in [-0.4, -0.2) is 40.8 Å². The molecule has 2 aromatic rings. The lowest BCUT2D eigenvalue weighted by atomic mass is 9.79. The third-order valence-electron chi connectivity index (χ3n) is 3.42. The molecule has 0 unspecified atom stereocenters. The first-order chi connectivity index (χ1) is 12.4. The SMILES string of the molecule is CCOC(=O)c1cccnc1NCc1cc(OC(C)C)cc(B(O)O)c1. The molecule has 0 aliphatic carbocycles. The predicted octanol–water partition coefficient (Wildman–Crippen LogP) is 1.34. The standard InChI is InChI=1S/C18H23BN2O5/c1-4-25-18(22)16-6-5-7-20-17(16)21-11-13-8-14(19(23)24)10-15(9-13)26-12(2)3/h5-10,12,23-24H,4,11H2,1-3H3,(H,20,21). The van der Waals surface area contributed by atoms with Crippen LogP contribution in [0.1, 0.15) is 36.7 Å². The summed E-state index contributed by atoms with van der Waals surface area (Å²) in [5, 5.41) is 22.0. The average Bonchev–Trinajstić information content (AvgIpc) is 2.59. The first kappa shape index (κ1) is 19.7. The van der Waals surface area contributed by atoms with E-state index in [1.165, 1.54) is 0 Å². The second-order valence-corrected chi connectivity index (χ2v) is 5.92. The highest BCUT2D eigenvalue weighted by atomic mass is 16.5. The van der Waals surface area contributed by atoms with Crippen molar-refractivity contribution in [2.24, 2.45) is 0 Å². The normalized spacial score (nSPS) is 10.5. The molecule has 26 heavy (non-hydrogen) atoms. The molecule has 1 aromatic carbocycles. The van der Waals surface area contributed by atoms with Crippen molar-refractivity contribution in [2.75, 3.05) is 11.9 Å². The molecule has 0 aliphatic heterocycles. The van der Waals surface area contributed by atoms with Gasteiger partial charge in [0.15, 0.2) is 0 Å². The number of hydrogen-bond donors (Lipinski definition) is 3. The average molecular weight is 358 g/mol. The van der Waals surface area contributed by atoms with Gasteiger partial charge < -0.3 is 24.8 Å². The highest BCUT2D eigenvalue weighted by Crippen LogP contribution is 2.17. The quantitative estimate of drug-likeness (QED) is 0.484. The molecule has 0 amide bonds. The topological polar surface area (TPSA) is 101 Å². The molecule has 3 N–H and O–H groups in total. The van der Waals surface area contributed by atoms with Gasteiger partial charge in [-0.2, -0.15) is 0 Å². The zero-order valence-electron chi connectivity index (χ0n) is 15.1. The van der Waals surface area contributed by atoms with Gasteiger partial charge in [0.05, 0.1) is 12.7 Å². The van der Waals surface area contributed by atoms with Crippen LogP contribution in [0.15, 0.2) is 36.5 Å². The molecule has 0 saturated carbocycles. The lowest BCUT2D eigenvalue weighted by Gasteiger charge is -2.15. The van der Waals surface area contributed by atoms with Crippen LogP contribution in [0.25, 0.3) is 0 Å². The van der Waals surface area contributed by atoms with E-state index < -0.39 is 13.1 Å². The molecule has 7 nitrogen and oxygen atoms in total. The zero-order chi connectivity index (χ0) is 19.1. The maximum Gasteiger partial charge on any atom is 0.488 e. The van der Waals surface area contributed by atoms with E-state index in [0.717, 1.165) is 5.56 Å². The minimum absolute atomic E-state index is 0.0481. The Morgan fingerprint density at radius 2 is 2.08 bits per heavy atom. The number of aromatic nitrogens is 1. The van der Waals surface area contributed by atoms with Crippen molar-refractivity contribution in [1.29, 1.82) is 0 Å². The number of ether oxygens (including phenoxy) is 2. The van der Waals surface area contributed by atoms with Gasteiger partial charge in [-0.05, 0) is 56.1 Å². The molecule has 0 bridgehead atoms. The molecule has 0 saturated heterocycles. The van der Waals surface area contributed by atoms with Crippen molar-refractivity contribution >= 4 is 24.4 Å². The van der Waals surface area contributed by atoms with Crippen LogP contribution in [0.5, 0.6) is 5.75 Å². The van der Waals surface area contributed by atoms with Gasteiger partial charge in [0.1, 0.15) is 17.1 Å². The van der Waals surface area contributed by atoms with Crippen molar-refractivity contribution in [3.63, 3.8) is 0 Å². The third-order valence-corrected chi connectivity index (χ3v) is 3.42. The fourth-order valence-corrected chi connectivity index (χ4v) is 2.38. The highest BCUT2D eigenvalue weighted by Gasteiger charge is 2.16. The lowest BCUT2D eigenvalue weighted by Crippen LogP contribution is -2.30. The second kappa shape index (κ2) is 9.21. The number of nitrogens with zero attached hydrogens (tertiary/aromatic N) is 1. The van der Waals surface area contributed by atoms with Gasteiger partial charge in [0, 0.05) is 12.7 Å². The van der Waals surface area contributed by atoms with Crippen LogP contribution in [-0.2, 0) is 11.3 Å². The Bertz CT molecular complexity index is 752. The Kier molecular flexibility index (Phi) is 7.00. The molecular weight excluding hydrogens is 335 g/mol. The zero-order valence-corrected chi connectivity index (χ0v) is 15.1. The first-order valence-corrected chi connectivity index (χ1v) is 8.43. The molecule has 1 aromatic heterocycles. The van der Waals surface area contributed by atoms with Crippen molar-refractivity contribution in [2.45, 2.75) is 33.4 Å². The molecular formula is C18H23BN2O5. The van der Waals surface area contributed by atoms with Gasteiger partial charge in [-0.25, -0.2) is 9.78 Å². The minimum Gasteiger partial charge on any atom is -0.491 e. The number of benzene rings is 1. The number of esters is 1. The van der Waals surface area contributed by atoms with Gasteiger partial charge in [-0.3, -0.25) is 0 Å². The molecule has 1 heterocycles. The number of nitrogens with one attached hydrogen (secondary N) is 1. The Balaban J connectivity index is 2.21. The molecule has 0 aliphatic rings. The molecule has 0 radical (unpaired) electrons. The summed E-state index contributed by atoms with van der Waals surface area (Å²) >= 11 is 0. The Hall–Kier alpha value is -2.58. The molecule has 8 heteroatoms. The summed E-state index contributed by atoms with van der Waals surface area (Å²) in [5.41, 5.74) is 1.42. The molecule has 0 spiro atoms. The number of anilines is 1. The van der Waals surface area contributed by atoms with E-state index in [1.807, 2.05) is 13.8 Å². The predicted molar refractivity (Wildman–Crippen MR) is 99.6 cm³/mol. The van der Waals surface area contributed by atoms with Gasteiger partial charge >= 0.3 is 13.1 Å². The number of carbonyl (C=O) groups is 1. The smallest absolute Gasteiger partial charge is 0.488 e. The summed E-state index contributed by atoms with van der Waals surface area (Å²) in [6.45, 7) is 6.11. The van der Waals surface area contributed by atoms with Crippen molar-refractivity contribution in [1.82, 2.24) is 4.98 Å². The number of hydrogen-bond acceptors (Lipinski definition) is 7. The van der Waals surface area contributed by atoms with Crippen LogP contribution < -0.4 is 15.5 Å². The second-order valence-electron chi connectivity index (χ2n) is 5.92. The van der Waals surface area contributed by atoms with Crippen LogP contribution >= 0.6 is 0 Å². The van der Waals surface area contributed by atoms with Crippen LogP contribution in [0, 0.1) is 0 Å². The fourth-order valence-electron chi connectivity index (χ4n) is 2.38. The third kappa shape index (κ3) is 5.47.